The third-order valence-corrected chi connectivity index (χ3v) is 4.60. The lowest BCUT2D eigenvalue weighted by Gasteiger charge is -2.36. The van der Waals surface area contributed by atoms with Gasteiger partial charge in [-0.3, -0.25) is 14.3 Å². The molecule has 20 heavy (non-hydrogen) atoms. The van der Waals surface area contributed by atoms with Gasteiger partial charge in [0.2, 0.25) is 0 Å². The van der Waals surface area contributed by atoms with Gasteiger partial charge >= 0.3 is 5.69 Å². The first-order valence-electron chi connectivity index (χ1n) is 6.49. The first-order chi connectivity index (χ1) is 9.53. The minimum atomic E-state index is -1.18. The molecule has 0 aromatic carbocycles. The zero-order chi connectivity index (χ0) is 14.1. The summed E-state index contributed by atoms with van der Waals surface area (Å²) in [5.74, 6) is 0. The second-order valence-corrected chi connectivity index (χ2v) is 5.60. The second-order valence-electron chi connectivity index (χ2n) is 5.60. The fourth-order valence-corrected chi connectivity index (χ4v) is 3.41. The lowest BCUT2D eigenvalue weighted by atomic mass is 9.91. The molecule has 2 saturated heterocycles. The summed E-state index contributed by atoms with van der Waals surface area (Å²) >= 11 is 0. The molecule has 3 N–H and O–H groups in total. The molecule has 4 atom stereocenters. The van der Waals surface area contributed by atoms with Gasteiger partial charge in [-0.25, -0.2) is 4.79 Å². The van der Waals surface area contributed by atoms with Crippen molar-refractivity contribution in [1.29, 1.82) is 0 Å². The topological polar surface area (TPSA) is 114 Å². The van der Waals surface area contributed by atoms with Gasteiger partial charge < -0.3 is 19.7 Å². The third-order valence-electron chi connectivity index (χ3n) is 4.60. The van der Waals surface area contributed by atoms with Gasteiger partial charge in [-0.05, 0) is 12.8 Å². The van der Waals surface area contributed by atoms with Crippen LogP contribution >= 0.6 is 0 Å². The number of rotatable bonds is 2. The van der Waals surface area contributed by atoms with Gasteiger partial charge in [0.05, 0.1) is 6.61 Å². The van der Waals surface area contributed by atoms with Gasteiger partial charge in [-0.1, -0.05) is 0 Å². The molecule has 1 aliphatic carbocycles. The van der Waals surface area contributed by atoms with Gasteiger partial charge in [0.25, 0.3) is 5.56 Å². The van der Waals surface area contributed by atoms with Crippen LogP contribution in [0.15, 0.2) is 21.9 Å². The van der Waals surface area contributed by atoms with Crippen LogP contribution in [0.4, 0.5) is 0 Å². The summed E-state index contributed by atoms with van der Waals surface area (Å²) in [6.45, 7) is -0.376. The minimum absolute atomic E-state index is 0.376. The van der Waals surface area contributed by atoms with Crippen molar-refractivity contribution in [1.82, 2.24) is 9.55 Å². The first-order valence-corrected chi connectivity index (χ1v) is 6.49. The molecule has 1 aromatic rings. The number of aliphatic hydroxyl groups is 2. The molecule has 0 amide bonds. The van der Waals surface area contributed by atoms with Crippen LogP contribution in [0.1, 0.15) is 19.1 Å². The molecule has 1 spiro atoms. The Kier molecular flexibility index (Phi) is 2.20. The summed E-state index contributed by atoms with van der Waals surface area (Å²) in [5.41, 5.74) is -2.96. The van der Waals surface area contributed by atoms with E-state index in [9.17, 15) is 19.8 Å². The number of aliphatic hydroxyl groups excluding tert-OH is 2. The lowest BCUT2D eigenvalue weighted by Crippen LogP contribution is -2.52. The van der Waals surface area contributed by atoms with Crippen LogP contribution < -0.4 is 11.2 Å². The Morgan fingerprint density at radius 2 is 2.15 bits per heavy atom. The van der Waals surface area contributed by atoms with Crippen LogP contribution in [0, 0.1) is 0 Å². The van der Waals surface area contributed by atoms with Gasteiger partial charge in [0, 0.05) is 12.3 Å². The molecule has 4 rings (SSSR count). The van der Waals surface area contributed by atoms with Crippen LogP contribution in [-0.2, 0) is 9.47 Å². The molecule has 2 aliphatic heterocycles. The van der Waals surface area contributed by atoms with Crippen LogP contribution in [0.5, 0.6) is 0 Å². The lowest BCUT2D eigenvalue weighted by molar-refractivity contribution is -0.235. The number of nitrogens with one attached hydrogen (secondary N) is 1. The highest BCUT2D eigenvalue weighted by Gasteiger charge is 2.78. The van der Waals surface area contributed by atoms with Gasteiger partial charge in [-0.2, -0.15) is 0 Å². The van der Waals surface area contributed by atoms with Crippen molar-refractivity contribution in [2.45, 2.75) is 42.5 Å². The number of H-pyrrole nitrogens is 1. The number of hydrogen-bond acceptors (Lipinski definition) is 6. The molecule has 108 valence electrons. The van der Waals surface area contributed by atoms with E-state index in [4.69, 9.17) is 9.47 Å². The molecule has 1 aromatic heterocycles. The zero-order valence-electron chi connectivity index (χ0n) is 10.5. The Morgan fingerprint density at radius 3 is 2.75 bits per heavy atom. The Balaban J connectivity index is 1.77. The smallest absolute Gasteiger partial charge is 0.330 e. The monoisotopic (exact) mass is 282 g/mol. The quantitative estimate of drug-likeness (QED) is 0.583. The van der Waals surface area contributed by atoms with Crippen molar-refractivity contribution in [2.24, 2.45) is 0 Å². The number of nitrogens with zero attached hydrogens (tertiary/aromatic N) is 1. The van der Waals surface area contributed by atoms with Crippen molar-refractivity contribution in [3.8, 4) is 0 Å². The van der Waals surface area contributed by atoms with E-state index in [-0.39, 0.29) is 6.61 Å². The molecule has 2 bridgehead atoms. The predicted molar refractivity (Wildman–Crippen MR) is 64.1 cm³/mol. The molecule has 3 fully saturated rings. The highest BCUT2D eigenvalue weighted by molar-refractivity contribution is 5.25. The molecular formula is C12H14N2O6. The number of aromatic nitrogens is 2. The molecule has 3 aliphatic rings. The zero-order valence-corrected chi connectivity index (χ0v) is 10.5. The summed E-state index contributed by atoms with van der Waals surface area (Å²) in [6.07, 6.45) is 0.149. The normalized spacial score (nSPS) is 40.4. The van der Waals surface area contributed by atoms with E-state index in [0.717, 1.165) is 0 Å². The third kappa shape index (κ3) is 1.25. The second kappa shape index (κ2) is 3.59. The Hall–Kier alpha value is -1.48. The Labute approximate surface area is 112 Å². The maximum atomic E-state index is 11.8. The van der Waals surface area contributed by atoms with Crippen LogP contribution in [-0.4, -0.2) is 49.8 Å². The molecular weight excluding hydrogens is 268 g/mol. The average molecular weight is 282 g/mol. The SMILES string of the molecule is O=c1ccn([C@@H]2O[C@]3(CO)[C@@H](O)[C@H]2OC32CC2)c(=O)[nH]1. The standard InChI is InChI=1S/C12H14N2O6/c15-5-12-8(17)7(19-11(12)2-3-11)9(20-12)14-4-1-6(16)13-10(14)18/h1,4,7-9,15,17H,2-3,5H2,(H,13,16,18)/t7-,8+,9-,12-/m1/s1. The van der Waals surface area contributed by atoms with Crippen molar-refractivity contribution in [2.75, 3.05) is 6.61 Å². The molecule has 1 saturated carbocycles. The highest BCUT2D eigenvalue weighted by atomic mass is 16.7. The fraction of sp³-hybridized carbons (Fsp3) is 0.667. The predicted octanol–water partition coefficient (Wildman–Crippen LogP) is -1.91. The van der Waals surface area contributed by atoms with Crippen LogP contribution in [0.25, 0.3) is 0 Å². The first kappa shape index (κ1) is 12.3. The van der Waals surface area contributed by atoms with E-state index in [1.54, 1.807) is 0 Å². The summed E-state index contributed by atoms with van der Waals surface area (Å²) in [6, 6.07) is 1.20. The van der Waals surface area contributed by atoms with Gasteiger partial charge in [0.15, 0.2) is 11.8 Å². The van der Waals surface area contributed by atoms with E-state index >= 15 is 0 Å². The number of hydrogen-bond donors (Lipinski definition) is 3. The van der Waals surface area contributed by atoms with E-state index in [0.29, 0.717) is 12.8 Å². The maximum absolute atomic E-state index is 11.8. The fourth-order valence-electron chi connectivity index (χ4n) is 3.41. The van der Waals surface area contributed by atoms with Gasteiger partial charge in [0.1, 0.15) is 17.8 Å². The number of fused-ring (bicyclic) bond motifs is 3. The van der Waals surface area contributed by atoms with Crippen molar-refractivity contribution in [3.63, 3.8) is 0 Å². The molecule has 0 unspecified atom stereocenters. The van der Waals surface area contributed by atoms with E-state index in [1.165, 1.54) is 16.8 Å². The van der Waals surface area contributed by atoms with Crippen molar-refractivity contribution >= 4 is 0 Å². The highest BCUT2D eigenvalue weighted by Crippen LogP contribution is 2.63. The summed E-state index contributed by atoms with van der Waals surface area (Å²) in [7, 11) is 0. The molecule has 0 radical (unpaired) electrons. The largest absolute Gasteiger partial charge is 0.393 e. The van der Waals surface area contributed by atoms with Crippen LogP contribution in [0.2, 0.25) is 0 Å². The minimum Gasteiger partial charge on any atom is -0.393 e. The van der Waals surface area contributed by atoms with Crippen LogP contribution in [0.3, 0.4) is 0 Å². The van der Waals surface area contributed by atoms with Crippen molar-refractivity contribution in [3.05, 3.63) is 33.1 Å². The molecule has 8 heteroatoms. The van der Waals surface area contributed by atoms with Crippen molar-refractivity contribution < 1.29 is 19.7 Å². The van der Waals surface area contributed by atoms with E-state index in [2.05, 4.69) is 4.98 Å². The summed E-state index contributed by atoms with van der Waals surface area (Å²) in [4.78, 5) is 25.0. The Bertz CT molecular complexity index is 677. The molecule has 8 nitrogen and oxygen atoms in total. The van der Waals surface area contributed by atoms with E-state index < -0.39 is 40.9 Å². The average Bonchev–Trinajstić information content (AvgIpc) is 3.09. The Morgan fingerprint density at radius 1 is 1.40 bits per heavy atom. The maximum Gasteiger partial charge on any atom is 0.330 e. The molecule has 3 heterocycles. The number of ether oxygens (including phenoxy) is 2. The van der Waals surface area contributed by atoms with Gasteiger partial charge in [-0.15, -0.1) is 0 Å². The summed E-state index contributed by atoms with van der Waals surface area (Å²) < 4.78 is 12.8. The number of aromatic amines is 1. The van der Waals surface area contributed by atoms with E-state index in [1.807, 2.05) is 0 Å². The summed E-state index contributed by atoms with van der Waals surface area (Å²) in [5, 5.41) is 20.0.